The molecular formula is C46H67N7O9. The van der Waals surface area contributed by atoms with E-state index in [9.17, 15) is 28.8 Å². The summed E-state index contributed by atoms with van der Waals surface area (Å²) in [4.78, 5) is 86.3. The Hall–Kier alpha value is -5.38. The molecule has 3 saturated heterocycles. The molecule has 0 unspecified atom stereocenters. The van der Waals surface area contributed by atoms with Crippen LogP contribution in [0.4, 0.5) is 15.3 Å². The lowest BCUT2D eigenvalue weighted by molar-refractivity contribution is -0.151. The largest absolute Gasteiger partial charge is 0.456 e. The number of carbonyl (C=O) groups excluding carboxylic acids is 5. The lowest BCUT2D eigenvalue weighted by Crippen LogP contribution is -2.51. The van der Waals surface area contributed by atoms with Gasteiger partial charge in [-0.25, -0.2) is 14.4 Å². The molecule has 0 radical (unpaired) electrons. The molecule has 16 heteroatoms. The van der Waals surface area contributed by atoms with Gasteiger partial charge in [-0.3, -0.25) is 19.4 Å². The fourth-order valence-electron chi connectivity index (χ4n) is 8.41. The third-order valence-electron chi connectivity index (χ3n) is 12.5. The van der Waals surface area contributed by atoms with Gasteiger partial charge < -0.3 is 43.7 Å². The van der Waals surface area contributed by atoms with Crippen LogP contribution in [-0.2, 0) is 36.7 Å². The normalized spacial score (nSPS) is 18.3. The van der Waals surface area contributed by atoms with Crippen LogP contribution < -0.4 is 11.1 Å². The maximum atomic E-state index is 13.7. The molecule has 4 aliphatic heterocycles. The number of anilines is 1. The second kappa shape index (κ2) is 22.1. The molecule has 0 bridgehead atoms. The Kier molecular flexibility index (Phi) is 17.0. The average Bonchev–Trinajstić information content (AvgIpc) is 3.54. The van der Waals surface area contributed by atoms with Crippen LogP contribution in [0.2, 0.25) is 0 Å². The van der Waals surface area contributed by atoms with Crippen molar-refractivity contribution in [1.29, 1.82) is 0 Å². The van der Waals surface area contributed by atoms with E-state index < -0.39 is 18.0 Å². The number of urea groups is 1. The first-order valence-electron chi connectivity index (χ1n) is 21.8. The maximum Gasteiger partial charge on any atom is 0.417 e. The van der Waals surface area contributed by atoms with Gasteiger partial charge in [-0.15, -0.1) is 0 Å². The molecule has 16 nitrogen and oxygen atoms in total. The van der Waals surface area contributed by atoms with E-state index in [-0.39, 0.29) is 50.3 Å². The number of ether oxygens (including phenoxy) is 2. The average molecular weight is 862 g/mol. The minimum absolute atomic E-state index is 0. The predicted molar refractivity (Wildman–Crippen MR) is 237 cm³/mol. The van der Waals surface area contributed by atoms with Gasteiger partial charge in [-0.1, -0.05) is 45.5 Å². The lowest BCUT2D eigenvalue weighted by Gasteiger charge is -2.38. The molecule has 7 rings (SSSR count). The predicted octanol–water partition coefficient (Wildman–Crippen LogP) is 5.67. The van der Waals surface area contributed by atoms with E-state index in [0.717, 1.165) is 67.2 Å². The van der Waals surface area contributed by atoms with Crippen molar-refractivity contribution in [2.45, 2.75) is 98.1 Å². The molecule has 2 aromatic carbocycles. The molecule has 0 saturated carbocycles. The standard InChI is InChI=1S/C32H39N5O6.C13H24N2O3.CH4/c1-20-7-12-35(13-8-20)29(38)27(19-22-17-21(2)28-26(18-22)42-31(40)34-28)43-32(41)36-14-10-24(11-15-36)37-16-9-23-5-3-4-6-25(23)33-30(37)39;1-11-4-7-15(8-5-11)9-6-13(17)18-10-12(16)14(2)3;/h3-6,17-18,20,24,27H,7-16,19H2,1-2H3,(H,33,39)(H,34,40);11H,4-10H2,1-3H3;1H4/t27-;;/m1../s1. The van der Waals surface area contributed by atoms with Crippen molar-refractivity contribution in [1.82, 2.24) is 29.5 Å². The number of fused-ring (bicyclic) bond motifs is 2. The number of rotatable bonds is 10. The zero-order chi connectivity index (χ0) is 43.6. The SMILES string of the molecule is C.CC1CCN(CCC(=O)OCC(=O)N(C)C)CC1.Cc1cc(C[C@@H](OC(=O)N2CCC(N3CCc4ccccc4NC3=O)CC2)C(=O)N2CCC(C)CC2)cc2oc(=O)[nH]c12. The number of hydrogen-bond acceptors (Lipinski definition) is 10. The van der Waals surface area contributed by atoms with Crippen molar-refractivity contribution in [3.05, 3.63) is 63.6 Å². The molecule has 5 amide bonds. The first-order valence-corrected chi connectivity index (χ1v) is 21.8. The van der Waals surface area contributed by atoms with Crippen LogP contribution in [0.3, 0.4) is 0 Å². The van der Waals surface area contributed by atoms with Crippen LogP contribution in [0, 0.1) is 18.8 Å². The molecule has 340 valence electrons. The minimum Gasteiger partial charge on any atom is -0.456 e. The number of hydrogen-bond donors (Lipinski definition) is 2. The number of benzene rings is 2. The highest BCUT2D eigenvalue weighted by Crippen LogP contribution is 2.26. The highest BCUT2D eigenvalue weighted by Gasteiger charge is 2.35. The summed E-state index contributed by atoms with van der Waals surface area (Å²) in [5, 5.41) is 3.03. The molecule has 1 atom stereocenters. The van der Waals surface area contributed by atoms with Crippen LogP contribution in [0.25, 0.3) is 11.1 Å². The van der Waals surface area contributed by atoms with Gasteiger partial charge in [0.25, 0.3) is 11.8 Å². The molecule has 3 fully saturated rings. The molecule has 0 aliphatic carbocycles. The highest BCUT2D eigenvalue weighted by atomic mass is 16.6. The Bertz CT molecular complexity index is 2060. The van der Waals surface area contributed by atoms with Crippen molar-refractivity contribution in [3.8, 4) is 0 Å². The van der Waals surface area contributed by atoms with E-state index in [4.69, 9.17) is 13.9 Å². The number of H-pyrrole nitrogens is 1. The fraction of sp³-hybridized carbons (Fsp3) is 0.609. The number of para-hydroxylation sites is 1. The van der Waals surface area contributed by atoms with E-state index in [1.54, 1.807) is 30.0 Å². The molecule has 2 N–H and O–H groups in total. The Morgan fingerprint density at radius 3 is 2.19 bits per heavy atom. The number of carbonyl (C=O) groups is 5. The number of aryl methyl sites for hydroxylation is 1. The number of nitrogens with one attached hydrogen (secondary N) is 2. The van der Waals surface area contributed by atoms with E-state index >= 15 is 0 Å². The molecule has 62 heavy (non-hydrogen) atoms. The van der Waals surface area contributed by atoms with Crippen molar-refractivity contribution >= 4 is 46.7 Å². The molecular weight excluding hydrogens is 795 g/mol. The van der Waals surface area contributed by atoms with Crippen LogP contribution in [-0.4, -0.2) is 145 Å². The summed E-state index contributed by atoms with van der Waals surface area (Å²) in [5.74, 6) is 0.129. The number of piperidine rings is 3. The summed E-state index contributed by atoms with van der Waals surface area (Å²) >= 11 is 0. The molecule has 1 aromatic heterocycles. The van der Waals surface area contributed by atoms with Crippen LogP contribution in [0.1, 0.15) is 82.9 Å². The number of aromatic amines is 1. The second-order valence-corrected chi connectivity index (χ2v) is 17.4. The summed E-state index contributed by atoms with van der Waals surface area (Å²) in [6.07, 6.45) is 5.27. The Balaban J connectivity index is 0.000000323. The van der Waals surface area contributed by atoms with Crippen molar-refractivity contribution < 1.29 is 37.9 Å². The molecule has 0 spiro atoms. The van der Waals surface area contributed by atoms with Gasteiger partial charge in [0.15, 0.2) is 18.3 Å². The van der Waals surface area contributed by atoms with Crippen molar-refractivity contribution in [2.24, 2.45) is 11.8 Å². The summed E-state index contributed by atoms with van der Waals surface area (Å²) in [7, 11) is 3.29. The van der Waals surface area contributed by atoms with Gasteiger partial charge in [0.1, 0.15) is 0 Å². The second-order valence-electron chi connectivity index (χ2n) is 17.4. The Morgan fingerprint density at radius 2 is 1.52 bits per heavy atom. The third-order valence-corrected chi connectivity index (χ3v) is 12.5. The van der Waals surface area contributed by atoms with Crippen LogP contribution in [0.15, 0.2) is 45.6 Å². The van der Waals surface area contributed by atoms with Gasteiger partial charge in [0.2, 0.25) is 0 Å². The van der Waals surface area contributed by atoms with Gasteiger partial charge >= 0.3 is 23.8 Å². The van der Waals surface area contributed by atoms with Gasteiger partial charge in [-0.05, 0) is 106 Å². The van der Waals surface area contributed by atoms with Gasteiger partial charge in [-0.2, -0.15) is 0 Å². The summed E-state index contributed by atoms with van der Waals surface area (Å²) in [6.45, 7) is 11.8. The number of likely N-dealkylation sites (N-methyl/N-ethyl adjacent to an activating group) is 1. The Labute approximate surface area is 365 Å². The van der Waals surface area contributed by atoms with Crippen molar-refractivity contribution in [2.75, 3.05) is 78.4 Å². The third kappa shape index (κ3) is 12.8. The van der Waals surface area contributed by atoms with E-state index in [1.807, 2.05) is 42.2 Å². The number of esters is 1. The highest BCUT2D eigenvalue weighted by molar-refractivity contribution is 5.91. The zero-order valence-electron chi connectivity index (χ0n) is 36.4. The quantitative estimate of drug-likeness (QED) is 0.242. The number of likely N-dealkylation sites (tertiary alicyclic amines) is 3. The molecule has 4 aliphatic rings. The fourth-order valence-corrected chi connectivity index (χ4v) is 8.41. The zero-order valence-corrected chi connectivity index (χ0v) is 36.4. The lowest BCUT2D eigenvalue weighted by atomic mass is 9.98. The first kappa shape index (κ1) is 47.7. The van der Waals surface area contributed by atoms with Gasteiger partial charge in [0, 0.05) is 71.5 Å². The maximum absolute atomic E-state index is 13.7. The number of oxazole rings is 1. The van der Waals surface area contributed by atoms with Crippen LogP contribution >= 0.6 is 0 Å². The van der Waals surface area contributed by atoms with E-state index in [1.165, 1.54) is 17.7 Å². The van der Waals surface area contributed by atoms with Crippen molar-refractivity contribution in [3.63, 3.8) is 0 Å². The number of nitrogens with zero attached hydrogens (tertiary/aromatic N) is 5. The van der Waals surface area contributed by atoms with Gasteiger partial charge in [0.05, 0.1) is 11.9 Å². The van der Waals surface area contributed by atoms with E-state index in [0.29, 0.717) is 69.0 Å². The first-order chi connectivity index (χ1) is 29.2. The number of amides is 5. The molecule has 5 heterocycles. The summed E-state index contributed by atoms with van der Waals surface area (Å²) in [6, 6.07) is 11.4. The number of aromatic nitrogens is 1. The minimum atomic E-state index is -1.00. The smallest absolute Gasteiger partial charge is 0.417 e. The van der Waals surface area contributed by atoms with E-state index in [2.05, 4.69) is 29.0 Å². The Morgan fingerprint density at radius 1 is 0.871 bits per heavy atom. The molecule has 3 aromatic rings. The van der Waals surface area contributed by atoms with Crippen LogP contribution in [0.5, 0.6) is 0 Å². The summed E-state index contributed by atoms with van der Waals surface area (Å²) in [5.41, 5.74) is 4.55. The topological polar surface area (TPSA) is 178 Å². The monoisotopic (exact) mass is 862 g/mol. The summed E-state index contributed by atoms with van der Waals surface area (Å²) < 4.78 is 16.2.